The SMILES string of the molecule is Cc1cc(C)c(NC(=O)CN(C)Cc2noc(CN)n2)c(C)c1.Cl. The van der Waals surface area contributed by atoms with Crippen molar-refractivity contribution >= 4 is 24.0 Å². The largest absolute Gasteiger partial charge is 0.338 e. The van der Waals surface area contributed by atoms with Gasteiger partial charge in [0.1, 0.15) is 0 Å². The number of nitrogens with one attached hydrogen (secondary N) is 1. The molecule has 0 aliphatic heterocycles. The predicted molar refractivity (Wildman–Crippen MR) is 95.1 cm³/mol. The van der Waals surface area contributed by atoms with Crippen molar-refractivity contribution in [3.05, 3.63) is 40.5 Å². The van der Waals surface area contributed by atoms with E-state index in [0.29, 0.717) is 18.3 Å². The standard InChI is InChI=1S/C16H23N5O2.ClH/c1-10-5-11(2)16(12(3)6-10)19-14(22)9-21(4)8-13-18-15(7-17)23-20-13;/h5-6H,7-9,17H2,1-4H3,(H,19,22);1H. The van der Waals surface area contributed by atoms with E-state index in [1.807, 2.05) is 32.7 Å². The van der Waals surface area contributed by atoms with Crippen LogP contribution in [0, 0.1) is 20.8 Å². The first-order chi connectivity index (χ1) is 10.9. The summed E-state index contributed by atoms with van der Waals surface area (Å²) in [7, 11) is 1.83. The lowest BCUT2D eigenvalue weighted by Gasteiger charge is -2.16. The number of benzene rings is 1. The fraction of sp³-hybridized carbons (Fsp3) is 0.438. The molecule has 0 unspecified atom stereocenters. The fourth-order valence-electron chi connectivity index (χ4n) is 2.54. The van der Waals surface area contributed by atoms with Gasteiger partial charge in [-0.25, -0.2) is 0 Å². The minimum atomic E-state index is -0.0786. The number of rotatable bonds is 6. The molecular weight excluding hydrogens is 330 g/mol. The first kappa shape index (κ1) is 20.1. The van der Waals surface area contributed by atoms with Crippen molar-refractivity contribution in [1.29, 1.82) is 0 Å². The first-order valence-electron chi connectivity index (χ1n) is 7.46. The van der Waals surface area contributed by atoms with Crippen molar-refractivity contribution in [3.63, 3.8) is 0 Å². The van der Waals surface area contributed by atoms with E-state index in [0.717, 1.165) is 16.8 Å². The molecule has 0 spiro atoms. The summed E-state index contributed by atoms with van der Waals surface area (Å²) in [5, 5.41) is 6.79. The maximum Gasteiger partial charge on any atom is 0.240 e. The van der Waals surface area contributed by atoms with Crippen LogP contribution in [0.4, 0.5) is 5.69 Å². The molecular formula is C16H24ClN5O2. The second-order valence-electron chi connectivity index (χ2n) is 5.80. The Labute approximate surface area is 148 Å². The van der Waals surface area contributed by atoms with E-state index in [-0.39, 0.29) is 31.4 Å². The number of amides is 1. The van der Waals surface area contributed by atoms with Crippen LogP contribution in [0.3, 0.4) is 0 Å². The molecule has 2 rings (SSSR count). The zero-order valence-corrected chi connectivity index (χ0v) is 15.2. The molecule has 1 heterocycles. The number of nitrogens with two attached hydrogens (primary N) is 1. The number of hydrogen-bond donors (Lipinski definition) is 2. The van der Waals surface area contributed by atoms with E-state index in [1.54, 1.807) is 0 Å². The predicted octanol–water partition coefficient (Wildman–Crippen LogP) is 1.95. The summed E-state index contributed by atoms with van der Waals surface area (Å²) in [6.45, 7) is 6.89. The molecule has 0 saturated heterocycles. The summed E-state index contributed by atoms with van der Waals surface area (Å²) in [5.41, 5.74) is 9.60. The van der Waals surface area contributed by atoms with Gasteiger partial charge in [-0.2, -0.15) is 4.98 Å². The van der Waals surface area contributed by atoms with Gasteiger partial charge in [-0.1, -0.05) is 22.9 Å². The van der Waals surface area contributed by atoms with Crippen LogP contribution in [0.15, 0.2) is 16.7 Å². The van der Waals surface area contributed by atoms with E-state index in [1.165, 1.54) is 5.56 Å². The van der Waals surface area contributed by atoms with Crippen LogP contribution in [-0.4, -0.2) is 34.5 Å². The van der Waals surface area contributed by atoms with E-state index >= 15 is 0 Å². The number of aromatic nitrogens is 2. The maximum atomic E-state index is 12.2. The molecule has 7 nitrogen and oxygen atoms in total. The van der Waals surface area contributed by atoms with Gasteiger partial charge in [0.25, 0.3) is 0 Å². The lowest BCUT2D eigenvalue weighted by Crippen LogP contribution is -2.30. The van der Waals surface area contributed by atoms with Gasteiger partial charge in [-0.3, -0.25) is 9.69 Å². The monoisotopic (exact) mass is 353 g/mol. The number of aryl methyl sites for hydroxylation is 3. The van der Waals surface area contributed by atoms with Gasteiger partial charge in [-0.05, 0) is 38.9 Å². The smallest absolute Gasteiger partial charge is 0.240 e. The highest BCUT2D eigenvalue weighted by molar-refractivity contribution is 5.93. The van der Waals surface area contributed by atoms with Crippen LogP contribution in [0.2, 0.25) is 0 Å². The summed E-state index contributed by atoms with van der Waals surface area (Å²) in [6, 6.07) is 4.11. The van der Waals surface area contributed by atoms with Gasteiger partial charge < -0.3 is 15.6 Å². The van der Waals surface area contributed by atoms with Crippen LogP contribution in [0.25, 0.3) is 0 Å². The average Bonchev–Trinajstić information content (AvgIpc) is 2.90. The third kappa shape index (κ3) is 5.30. The zero-order valence-electron chi connectivity index (χ0n) is 14.4. The summed E-state index contributed by atoms with van der Waals surface area (Å²) < 4.78 is 4.94. The molecule has 8 heteroatoms. The van der Waals surface area contributed by atoms with Crippen LogP contribution in [0.5, 0.6) is 0 Å². The Kier molecular flexibility index (Phi) is 7.34. The van der Waals surface area contributed by atoms with E-state index in [2.05, 4.69) is 27.6 Å². The number of nitrogens with zero attached hydrogens (tertiary/aromatic N) is 3. The Morgan fingerprint density at radius 2 is 1.92 bits per heavy atom. The number of likely N-dealkylation sites (N-methyl/N-ethyl adjacent to an activating group) is 1. The Hall–Kier alpha value is -1.96. The minimum Gasteiger partial charge on any atom is -0.338 e. The molecule has 1 aromatic carbocycles. The second-order valence-corrected chi connectivity index (χ2v) is 5.80. The topological polar surface area (TPSA) is 97.3 Å². The van der Waals surface area contributed by atoms with Gasteiger partial charge in [-0.15, -0.1) is 12.4 Å². The molecule has 1 aromatic heterocycles. The second kappa shape index (κ2) is 8.77. The third-order valence-electron chi connectivity index (χ3n) is 3.45. The van der Waals surface area contributed by atoms with Crippen molar-refractivity contribution < 1.29 is 9.32 Å². The molecule has 0 aliphatic carbocycles. The van der Waals surface area contributed by atoms with Crippen LogP contribution in [-0.2, 0) is 17.9 Å². The first-order valence-corrected chi connectivity index (χ1v) is 7.46. The van der Waals surface area contributed by atoms with E-state index in [4.69, 9.17) is 10.3 Å². The number of hydrogen-bond acceptors (Lipinski definition) is 6. The van der Waals surface area contributed by atoms with Crippen molar-refractivity contribution in [2.24, 2.45) is 5.73 Å². The molecule has 0 radical (unpaired) electrons. The Morgan fingerprint density at radius 3 is 2.46 bits per heavy atom. The molecule has 0 saturated carbocycles. The van der Waals surface area contributed by atoms with Crippen LogP contribution in [0.1, 0.15) is 28.4 Å². The molecule has 0 bridgehead atoms. The van der Waals surface area contributed by atoms with Gasteiger partial charge >= 0.3 is 0 Å². The highest BCUT2D eigenvalue weighted by Gasteiger charge is 2.13. The molecule has 1 amide bonds. The number of anilines is 1. The summed E-state index contributed by atoms with van der Waals surface area (Å²) in [4.78, 5) is 18.2. The molecule has 0 atom stereocenters. The summed E-state index contributed by atoms with van der Waals surface area (Å²) in [5.74, 6) is 0.831. The Bertz CT molecular complexity index is 679. The number of carbonyl (C=O) groups excluding carboxylic acids is 1. The third-order valence-corrected chi connectivity index (χ3v) is 3.45. The van der Waals surface area contributed by atoms with Crippen molar-refractivity contribution in [2.75, 3.05) is 18.9 Å². The van der Waals surface area contributed by atoms with Crippen molar-refractivity contribution in [3.8, 4) is 0 Å². The Balaban J connectivity index is 0.00000288. The van der Waals surface area contributed by atoms with Gasteiger partial charge in [0, 0.05) is 5.69 Å². The minimum absolute atomic E-state index is 0. The molecule has 3 N–H and O–H groups in total. The summed E-state index contributed by atoms with van der Waals surface area (Å²) >= 11 is 0. The normalized spacial score (nSPS) is 10.6. The zero-order chi connectivity index (χ0) is 17.0. The van der Waals surface area contributed by atoms with E-state index in [9.17, 15) is 4.79 Å². The maximum absolute atomic E-state index is 12.2. The van der Waals surface area contributed by atoms with Crippen molar-refractivity contribution in [1.82, 2.24) is 15.0 Å². The van der Waals surface area contributed by atoms with Gasteiger partial charge in [0.15, 0.2) is 5.82 Å². The number of carbonyl (C=O) groups is 1. The van der Waals surface area contributed by atoms with Gasteiger partial charge in [0.05, 0.1) is 19.6 Å². The van der Waals surface area contributed by atoms with Crippen LogP contribution < -0.4 is 11.1 Å². The molecule has 2 aromatic rings. The fourth-order valence-corrected chi connectivity index (χ4v) is 2.54. The highest BCUT2D eigenvalue weighted by atomic mass is 35.5. The van der Waals surface area contributed by atoms with Crippen molar-refractivity contribution in [2.45, 2.75) is 33.9 Å². The highest BCUT2D eigenvalue weighted by Crippen LogP contribution is 2.21. The Morgan fingerprint density at radius 1 is 1.29 bits per heavy atom. The quantitative estimate of drug-likeness (QED) is 0.823. The molecule has 132 valence electrons. The van der Waals surface area contributed by atoms with E-state index < -0.39 is 0 Å². The lowest BCUT2D eigenvalue weighted by atomic mass is 10.1. The molecule has 0 fully saturated rings. The lowest BCUT2D eigenvalue weighted by molar-refractivity contribution is -0.117. The number of halogens is 1. The molecule has 0 aliphatic rings. The van der Waals surface area contributed by atoms with Gasteiger partial charge in [0.2, 0.25) is 11.8 Å². The molecule has 24 heavy (non-hydrogen) atoms. The average molecular weight is 354 g/mol. The van der Waals surface area contributed by atoms with Crippen LogP contribution >= 0.6 is 12.4 Å². The summed E-state index contributed by atoms with van der Waals surface area (Å²) in [6.07, 6.45) is 0.